The summed E-state index contributed by atoms with van der Waals surface area (Å²) < 4.78 is 49.1. The van der Waals surface area contributed by atoms with Crippen molar-refractivity contribution in [1.82, 2.24) is 34.7 Å². The fourth-order valence-corrected chi connectivity index (χ4v) is 4.82. The third-order valence-corrected chi connectivity index (χ3v) is 6.62. The molecule has 1 aromatic carbocycles. The van der Waals surface area contributed by atoms with E-state index in [4.69, 9.17) is 4.74 Å². The number of pyridine rings is 1. The fraction of sp³-hybridized carbons (Fsp3) is 0.320. The third kappa shape index (κ3) is 4.56. The van der Waals surface area contributed by atoms with Crippen molar-refractivity contribution in [3.63, 3.8) is 0 Å². The number of aromatic nitrogens is 7. The molecule has 1 aliphatic heterocycles. The van der Waals surface area contributed by atoms with Gasteiger partial charge in [-0.15, -0.1) is 0 Å². The van der Waals surface area contributed by atoms with Crippen molar-refractivity contribution in [2.45, 2.75) is 19.1 Å². The number of nitrogens with zero attached hydrogens (tertiary/aromatic N) is 6. The van der Waals surface area contributed by atoms with E-state index >= 15 is 0 Å². The van der Waals surface area contributed by atoms with Gasteiger partial charge in [0.1, 0.15) is 22.7 Å². The first-order valence-corrected chi connectivity index (χ1v) is 12.3. The van der Waals surface area contributed by atoms with Crippen LogP contribution in [0.5, 0.6) is 0 Å². The topological polar surface area (TPSA) is 130 Å². The van der Waals surface area contributed by atoms with Crippen LogP contribution in [0.25, 0.3) is 33.5 Å². The highest BCUT2D eigenvalue weighted by molar-refractivity contribution is 5.97. The summed E-state index contributed by atoms with van der Waals surface area (Å²) in [6, 6.07) is 3.72. The lowest BCUT2D eigenvalue weighted by atomic mass is 10.1. The van der Waals surface area contributed by atoms with Crippen molar-refractivity contribution in [2.75, 3.05) is 36.5 Å². The van der Waals surface area contributed by atoms with Gasteiger partial charge in [0.25, 0.3) is 5.56 Å². The molecule has 0 aliphatic carbocycles. The minimum absolute atomic E-state index is 0.0378. The first kappa shape index (κ1) is 24.9. The van der Waals surface area contributed by atoms with E-state index in [0.717, 1.165) is 6.07 Å². The number of nitrogens with one attached hydrogen (secondary N) is 3. The molecule has 5 aromatic rings. The lowest BCUT2D eigenvalue weighted by Gasteiger charge is -2.31. The minimum atomic E-state index is -4.59. The molecule has 0 unspecified atom stereocenters. The Morgan fingerprint density at radius 2 is 1.85 bits per heavy atom. The monoisotopic (exact) mass is 539 g/mol. The van der Waals surface area contributed by atoms with Gasteiger partial charge in [-0.1, -0.05) is 0 Å². The van der Waals surface area contributed by atoms with E-state index in [9.17, 15) is 18.0 Å². The van der Waals surface area contributed by atoms with Crippen LogP contribution < -0.4 is 15.8 Å². The number of fused-ring (bicyclic) bond motifs is 2. The summed E-state index contributed by atoms with van der Waals surface area (Å²) in [5.74, 6) is 0.595. The van der Waals surface area contributed by atoms with Crippen LogP contribution in [-0.4, -0.2) is 61.0 Å². The summed E-state index contributed by atoms with van der Waals surface area (Å²) in [4.78, 5) is 33.9. The molecule has 0 bridgehead atoms. The van der Waals surface area contributed by atoms with Gasteiger partial charge < -0.3 is 24.9 Å². The normalized spacial score (nSPS) is 15.3. The molecule has 6 rings (SSSR count). The number of H-pyrrole nitrogens is 2. The van der Waals surface area contributed by atoms with Crippen molar-refractivity contribution in [2.24, 2.45) is 7.05 Å². The molecule has 1 aliphatic rings. The highest BCUT2D eigenvalue weighted by Gasteiger charge is 2.36. The smallest absolute Gasteiger partial charge is 0.378 e. The molecule has 14 heteroatoms. The van der Waals surface area contributed by atoms with Gasteiger partial charge in [0.05, 0.1) is 52.7 Å². The maximum atomic E-state index is 14.1. The predicted molar refractivity (Wildman–Crippen MR) is 139 cm³/mol. The summed E-state index contributed by atoms with van der Waals surface area (Å²) >= 11 is 0. The predicted octanol–water partition coefficient (Wildman–Crippen LogP) is 3.62. The second-order valence-corrected chi connectivity index (χ2v) is 9.31. The molecule has 39 heavy (non-hydrogen) atoms. The molecule has 1 atom stereocenters. The Morgan fingerprint density at radius 3 is 2.56 bits per heavy atom. The molecule has 0 spiro atoms. The van der Waals surface area contributed by atoms with Crippen LogP contribution in [0.15, 0.2) is 41.6 Å². The van der Waals surface area contributed by atoms with E-state index in [2.05, 4.69) is 35.3 Å². The van der Waals surface area contributed by atoms with Crippen LogP contribution in [0.3, 0.4) is 0 Å². The third-order valence-electron chi connectivity index (χ3n) is 6.62. The first-order valence-electron chi connectivity index (χ1n) is 12.3. The van der Waals surface area contributed by atoms with Gasteiger partial charge in [-0.25, -0.2) is 15.0 Å². The maximum Gasteiger partial charge on any atom is 0.418 e. The Kier molecular flexibility index (Phi) is 5.98. The SMILES string of the molecule is C[C@@H](Nc1c(-c2nc3cc(C(F)(F)F)c(N4CCOCC4)cc3[nH]2)c(=O)[nH]c2cn(C)nc12)c1ncccn1. The molecule has 0 saturated carbocycles. The Morgan fingerprint density at radius 1 is 1.10 bits per heavy atom. The molecule has 3 N–H and O–H groups in total. The van der Waals surface area contributed by atoms with Crippen LogP contribution >= 0.6 is 0 Å². The average Bonchev–Trinajstić information content (AvgIpc) is 3.50. The lowest BCUT2D eigenvalue weighted by molar-refractivity contribution is -0.137. The Hall–Kier alpha value is -4.46. The zero-order valence-electron chi connectivity index (χ0n) is 21.0. The standard InChI is InChI=1S/C25H24F3N9O2/c1-13(22-29-4-3-5-30-22)31-21-19(24(38)34-17-12-36(2)35-20(17)21)23-32-15-10-14(25(26,27)28)18(11-16(15)33-23)37-6-8-39-9-7-37/h3-5,10-13,31H,6-9H2,1-2H3,(H,32,33)(H,34,38)/t13-/m1/s1. The molecule has 5 heterocycles. The van der Waals surface area contributed by atoms with Crippen LogP contribution in [0.1, 0.15) is 24.4 Å². The second-order valence-electron chi connectivity index (χ2n) is 9.31. The Balaban J connectivity index is 1.52. The number of alkyl halides is 3. The van der Waals surface area contributed by atoms with E-state index < -0.39 is 23.3 Å². The van der Waals surface area contributed by atoms with Crippen LogP contribution in [0, 0.1) is 0 Å². The molecule has 0 amide bonds. The minimum Gasteiger partial charge on any atom is -0.378 e. The zero-order chi connectivity index (χ0) is 27.3. The number of anilines is 2. The molecule has 0 radical (unpaired) electrons. The van der Waals surface area contributed by atoms with E-state index in [-0.39, 0.29) is 22.6 Å². The number of halogens is 3. The molecule has 1 saturated heterocycles. The van der Waals surface area contributed by atoms with Gasteiger partial charge in [0, 0.05) is 38.7 Å². The molecular weight excluding hydrogens is 515 g/mol. The summed E-state index contributed by atoms with van der Waals surface area (Å²) in [5.41, 5.74) is 0.626. The van der Waals surface area contributed by atoms with Crippen LogP contribution in [0.4, 0.5) is 24.5 Å². The van der Waals surface area contributed by atoms with Gasteiger partial charge in [0.15, 0.2) is 0 Å². The van der Waals surface area contributed by atoms with Crippen molar-refractivity contribution in [3.05, 3.63) is 58.5 Å². The fourth-order valence-electron chi connectivity index (χ4n) is 4.82. The number of imidazole rings is 1. The van der Waals surface area contributed by atoms with Crippen LogP contribution in [0.2, 0.25) is 0 Å². The number of aromatic amines is 2. The number of aryl methyl sites for hydroxylation is 1. The zero-order valence-corrected chi connectivity index (χ0v) is 21.0. The van der Waals surface area contributed by atoms with Gasteiger partial charge in [-0.05, 0) is 25.1 Å². The van der Waals surface area contributed by atoms with Crippen molar-refractivity contribution in [3.8, 4) is 11.4 Å². The highest BCUT2D eigenvalue weighted by Crippen LogP contribution is 2.40. The number of hydrogen-bond acceptors (Lipinski definition) is 8. The molecule has 4 aromatic heterocycles. The van der Waals surface area contributed by atoms with Gasteiger partial charge in [0.2, 0.25) is 0 Å². The van der Waals surface area contributed by atoms with E-state index in [1.807, 2.05) is 6.92 Å². The highest BCUT2D eigenvalue weighted by atomic mass is 19.4. The first-order chi connectivity index (χ1) is 18.7. The van der Waals surface area contributed by atoms with Crippen molar-refractivity contribution in [1.29, 1.82) is 0 Å². The summed E-state index contributed by atoms with van der Waals surface area (Å²) in [5, 5.41) is 7.78. The van der Waals surface area contributed by atoms with Crippen LogP contribution in [-0.2, 0) is 18.0 Å². The Labute approximate surface area is 219 Å². The van der Waals surface area contributed by atoms with E-state index in [0.29, 0.717) is 54.4 Å². The summed E-state index contributed by atoms with van der Waals surface area (Å²) in [6.07, 6.45) is 0.291. The number of morpholine rings is 1. The average molecular weight is 540 g/mol. The number of ether oxygens (including phenoxy) is 1. The molecular formula is C25H24F3N9O2. The number of hydrogen-bond donors (Lipinski definition) is 3. The number of benzene rings is 1. The van der Waals surface area contributed by atoms with Gasteiger partial charge in [-0.3, -0.25) is 9.48 Å². The van der Waals surface area contributed by atoms with Gasteiger partial charge in [-0.2, -0.15) is 18.3 Å². The molecule has 11 nitrogen and oxygen atoms in total. The summed E-state index contributed by atoms with van der Waals surface area (Å²) in [6.45, 7) is 3.17. The second kappa shape index (κ2) is 9.38. The maximum absolute atomic E-state index is 14.1. The molecule has 202 valence electrons. The quantitative estimate of drug-likeness (QED) is 0.309. The van der Waals surface area contributed by atoms with Crippen molar-refractivity contribution < 1.29 is 17.9 Å². The van der Waals surface area contributed by atoms with Gasteiger partial charge >= 0.3 is 6.18 Å². The molecule has 1 fully saturated rings. The summed E-state index contributed by atoms with van der Waals surface area (Å²) in [7, 11) is 1.72. The Bertz CT molecular complexity index is 1720. The lowest BCUT2D eigenvalue weighted by Crippen LogP contribution is -2.37. The van der Waals surface area contributed by atoms with Crippen molar-refractivity contribution >= 4 is 33.4 Å². The largest absolute Gasteiger partial charge is 0.418 e. The number of rotatable bonds is 5. The van der Waals surface area contributed by atoms with E-state index in [1.54, 1.807) is 41.3 Å². The van der Waals surface area contributed by atoms with E-state index in [1.165, 1.54) is 6.07 Å².